The summed E-state index contributed by atoms with van der Waals surface area (Å²) in [5.41, 5.74) is 3.27. The Labute approximate surface area is 265 Å². The fourth-order valence-corrected chi connectivity index (χ4v) is 4.03. The highest BCUT2D eigenvalue weighted by atomic mass is 79.9. The van der Waals surface area contributed by atoms with Crippen LogP contribution in [0, 0.1) is 11.6 Å². The summed E-state index contributed by atoms with van der Waals surface area (Å²) in [5.74, 6) is -0.704. The van der Waals surface area contributed by atoms with E-state index in [1.165, 1.54) is 30.5 Å². The number of rotatable bonds is 3. The van der Waals surface area contributed by atoms with E-state index in [0.29, 0.717) is 17.9 Å². The van der Waals surface area contributed by atoms with Gasteiger partial charge < -0.3 is 24.3 Å². The first-order valence-corrected chi connectivity index (χ1v) is 14.0. The second-order valence-corrected chi connectivity index (χ2v) is 9.52. The number of hydrogen-bond donors (Lipinski definition) is 3. The van der Waals surface area contributed by atoms with Crippen LogP contribution in [-0.2, 0) is 0 Å². The Hall–Kier alpha value is -5.33. The van der Waals surface area contributed by atoms with Crippen LogP contribution in [0.2, 0.25) is 0 Å². The van der Waals surface area contributed by atoms with Gasteiger partial charge in [0, 0.05) is 29.5 Å². The van der Waals surface area contributed by atoms with Gasteiger partial charge in [-0.2, -0.15) is 0 Å². The summed E-state index contributed by atoms with van der Waals surface area (Å²) < 4.78 is 36.3. The second-order valence-electron chi connectivity index (χ2n) is 8.77. The van der Waals surface area contributed by atoms with Crippen LogP contribution in [-0.4, -0.2) is 37.9 Å². The molecule has 0 fully saturated rings. The van der Waals surface area contributed by atoms with Crippen molar-refractivity contribution >= 4 is 45.7 Å². The zero-order valence-electron chi connectivity index (χ0n) is 23.3. The molecule has 7 rings (SSSR count). The number of fused-ring (bicyclic) bond motifs is 3. The van der Waals surface area contributed by atoms with Gasteiger partial charge in [0.05, 0.1) is 0 Å². The Morgan fingerprint density at radius 1 is 0.644 bits per heavy atom. The average molecular weight is 671 g/mol. The molecule has 0 saturated heterocycles. The Kier molecular flexibility index (Phi) is 12.0. The van der Waals surface area contributed by atoms with Crippen LogP contribution in [0.4, 0.5) is 8.78 Å². The number of furan rings is 1. The maximum absolute atomic E-state index is 13.3. The quantitative estimate of drug-likeness (QED) is 0.128. The third kappa shape index (κ3) is 9.08. The van der Waals surface area contributed by atoms with E-state index in [4.69, 9.17) is 14.5 Å². The summed E-state index contributed by atoms with van der Waals surface area (Å²) in [4.78, 5) is 11.9. The highest BCUT2D eigenvalue weighted by molar-refractivity contribution is 9.10. The summed E-state index contributed by atoms with van der Waals surface area (Å²) >= 11 is 3.03. The van der Waals surface area contributed by atoms with Gasteiger partial charge in [-0.15, -0.1) is 0 Å². The fourth-order valence-electron chi connectivity index (χ4n) is 3.78. The van der Waals surface area contributed by atoms with E-state index in [2.05, 4.69) is 35.5 Å². The third-order valence-corrected chi connectivity index (χ3v) is 6.41. The standard InChI is InChI=1S/C11H8FNO.C11H7NO.C6H5BFO2.C5H4BrNO/c12-9-5-2-1-4-8(9)11-10(14)6-3-7-13-11;1-2-5-9-8(4-1)11-10(13-9)6-3-7-12-11;8-5-3-1-2-4-6(5)10-7-9;6-5-4(8)2-1-3-7-5/h1-7,14H;1-7H;1-4,9H;1-3,8H. The Morgan fingerprint density at radius 2 is 1.24 bits per heavy atom. The van der Waals surface area contributed by atoms with E-state index in [0.717, 1.165) is 22.1 Å². The van der Waals surface area contributed by atoms with Crippen LogP contribution in [0.1, 0.15) is 0 Å². The fraction of sp³-hybridized carbons (Fsp3) is 0. The highest BCUT2D eigenvalue weighted by Gasteiger charge is 2.09. The van der Waals surface area contributed by atoms with Crippen molar-refractivity contribution in [2.24, 2.45) is 0 Å². The summed E-state index contributed by atoms with van der Waals surface area (Å²) in [5, 5.41) is 27.5. The molecular formula is C33H24BBrF2N3O5. The number of pyridine rings is 3. The summed E-state index contributed by atoms with van der Waals surface area (Å²) in [7, 11) is 0.443. The first-order chi connectivity index (χ1) is 21.9. The van der Waals surface area contributed by atoms with Crippen LogP contribution in [0.3, 0.4) is 0 Å². The van der Waals surface area contributed by atoms with Gasteiger partial charge in [0.15, 0.2) is 11.4 Å². The molecule has 0 aliphatic carbocycles. The predicted molar refractivity (Wildman–Crippen MR) is 171 cm³/mol. The first-order valence-electron chi connectivity index (χ1n) is 13.2. The Morgan fingerprint density at radius 3 is 1.91 bits per heavy atom. The first kappa shape index (κ1) is 32.6. The van der Waals surface area contributed by atoms with Gasteiger partial charge >= 0.3 is 7.69 Å². The maximum Gasteiger partial charge on any atom is 0.569 e. The molecule has 4 aromatic heterocycles. The Bertz CT molecular complexity index is 1860. The normalized spacial score (nSPS) is 9.96. The maximum atomic E-state index is 13.3. The lowest BCUT2D eigenvalue weighted by Crippen LogP contribution is -2.00. The van der Waals surface area contributed by atoms with Crippen molar-refractivity contribution in [1.29, 1.82) is 0 Å². The number of aromatic hydroxyl groups is 2. The van der Waals surface area contributed by atoms with Gasteiger partial charge in [0.25, 0.3) is 0 Å². The van der Waals surface area contributed by atoms with Crippen molar-refractivity contribution < 1.29 is 33.1 Å². The molecular weight excluding hydrogens is 647 g/mol. The van der Waals surface area contributed by atoms with Crippen LogP contribution in [0.5, 0.6) is 17.2 Å². The zero-order valence-corrected chi connectivity index (χ0v) is 24.9. The highest BCUT2D eigenvalue weighted by Crippen LogP contribution is 2.28. The predicted octanol–water partition coefficient (Wildman–Crippen LogP) is 7.86. The molecule has 4 heterocycles. The third-order valence-electron chi connectivity index (χ3n) is 5.80. The van der Waals surface area contributed by atoms with Gasteiger partial charge in [-0.1, -0.05) is 36.4 Å². The molecule has 0 bridgehead atoms. The molecule has 0 unspecified atom stereocenters. The minimum atomic E-state index is -0.493. The molecule has 1 radical (unpaired) electrons. The van der Waals surface area contributed by atoms with Gasteiger partial charge in [0.1, 0.15) is 44.5 Å². The molecule has 0 spiro atoms. The van der Waals surface area contributed by atoms with E-state index in [1.807, 2.05) is 36.4 Å². The molecule has 3 aromatic carbocycles. The van der Waals surface area contributed by atoms with Crippen molar-refractivity contribution in [3.63, 3.8) is 0 Å². The summed E-state index contributed by atoms with van der Waals surface area (Å²) in [6.07, 6.45) is 4.90. The number of aromatic nitrogens is 3. The molecule has 8 nitrogen and oxygen atoms in total. The van der Waals surface area contributed by atoms with Crippen molar-refractivity contribution in [1.82, 2.24) is 15.0 Å². The molecule has 0 aliphatic heterocycles. The number of para-hydroxylation sites is 2. The number of benzene rings is 3. The SMILES string of the molecule is O[B]Oc1ccccc1F.Oc1cccnc1-c1ccccc1F.Oc1cccnc1Br.c1ccc2c(c1)oc1cccnc12. The Balaban J connectivity index is 0.000000140. The van der Waals surface area contributed by atoms with E-state index < -0.39 is 5.82 Å². The van der Waals surface area contributed by atoms with E-state index in [9.17, 15) is 13.9 Å². The molecule has 7 aromatic rings. The lowest BCUT2D eigenvalue weighted by atomic mass is 10.1. The van der Waals surface area contributed by atoms with Crippen LogP contribution >= 0.6 is 15.9 Å². The molecule has 0 atom stereocenters. The van der Waals surface area contributed by atoms with E-state index in [1.54, 1.807) is 60.9 Å². The minimum absolute atomic E-state index is 0.0161. The molecule has 0 aliphatic rings. The van der Waals surface area contributed by atoms with Crippen molar-refractivity contribution in [2.75, 3.05) is 0 Å². The van der Waals surface area contributed by atoms with E-state index >= 15 is 0 Å². The van der Waals surface area contributed by atoms with Crippen LogP contribution in [0.15, 0.2) is 137 Å². The van der Waals surface area contributed by atoms with Crippen LogP contribution < -0.4 is 4.65 Å². The molecule has 0 amide bonds. The number of halogens is 3. The second kappa shape index (κ2) is 16.5. The summed E-state index contributed by atoms with van der Waals surface area (Å²) in [6.45, 7) is 0. The van der Waals surface area contributed by atoms with E-state index in [-0.39, 0.29) is 28.8 Å². The number of nitrogens with zero attached hydrogens (tertiary/aromatic N) is 3. The number of hydrogen-bond acceptors (Lipinski definition) is 8. The lowest BCUT2D eigenvalue weighted by molar-refractivity contribution is 0.431. The van der Waals surface area contributed by atoms with Gasteiger partial charge in [-0.25, -0.2) is 13.8 Å². The van der Waals surface area contributed by atoms with Crippen molar-refractivity contribution in [3.05, 3.63) is 144 Å². The minimum Gasteiger partial charge on any atom is -0.535 e. The van der Waals surface area contributed by atoms with Gasteiger partial charge in [-0.3, -0.25) is 9.97 Å². The topological polar surface area (TPSA) is 122 Å². The van der Waals surface area contributed by atoms with Gasteiger partial charge in [0.2, 0.25) is 0 Å². The zero-order chi connectivity index (χ0) is 32.0. The van der Waals surface area contributed by atoms with Crippen molar-refractivity contribution in [2.45, 2.75) is 0 Å². The molecule has 0 saturated carbocycles. The molecule has 45 heavy (non-hydrogen) atoms. The smallest absolute Gasteiger partial charge is 0.535 e. The monoisotopic (exact) mass is 670 g/mol. The largest absolute Gasteiger partial charge is 0.569 e. The lowest BCUT2D eigenvalue weighted by Gasteiger charge is -2.03. The average Bonchev–Trinajstić information content (AvgIpc) is 3.44. The molecule has 3 N–H and O–H groups in total. The van der Waals surface area contributed by atoms with Gasteiger partial charge in [-0.05, 0) is 88.7 Å². The van der Waals surface area contributed by atoms with Crippen molar-refractivity contribution in [3.8, 4) is 28.5 Å². The molecule has 225 valence electrons. The molecule has 12 heteroatoms. The van der Waals surface area contributed by atoms with Crippen LogP contribution in [0.25, 0.3) is 33.3 Å². The summed E-state index contributed by atoms with van der Waals surface area (Å²) in [6, 6.07) is 30.1.